The summed E-state index contributed by atoms with van der Waals surface area (Å²) >= 11 is 0. The van der Waals surface area contributed by atoms with Crippen molar-refractivity contribution >= 4 is 6.08 Å². The van der Waals surface area contributed by atoms with E-state index < -0.39 is 0 Å². The Morgan fingerprint density at radius 3 is 1.92 bits per heavy atom. The second-order valence-corrected chi connectivity index (χ2v) is 2.65. The summed E-state index contributed by atoms with van der Waals surface area (Å²) in [6, 6.07) is 5.78. The molecule has 0 aromatic heterocycles. The minimum atomic E-state index is 0.812. The zero-order chi connectivity index (χ0) is 9.68. The van der Waals surface area contributed by atoms with E-state index in [2.05, 4.69) is 0 Å². The van der Waals surface area contributed by atoms with E-state index in [0.717, 1.165) is 17.1 Å². The first kappa shape index (κ1) is 9.65. The molecule has 0 spiro atoms. The standard InChI is InChI=1S/C11H14O2/c1-4-5-9-6-10(12-2)8-11(7-9)13-3/h4-8H,1-3H3. The van der Waals surface area contributed by atoms with E-state index in [1.807, 2.05) is 37.3 Å². The summed E-state index contributed by atoms with van der Waals surface area (Å²) < 4.78 is 10.3. The SMILES string of the molecule is CC=Cc1cc(OC)cc(OC)c1. The normalized spacial score (nSPS) is 10.4. The average Bonchev–Trinajstić information content (AvgIpc) is 2.17. The van der Waals surface area contributed by atoms with Crippen LogP contribution >= 0.6 is 0 Å². The molecule has 1 aromatic rings. The Kier molecular flexibility index (Phi) is 3.38. The Hall–Kier alpha value is -1.44. The summed E-state index contributed by atoms with van der Waals surface area (Å²) in [5, 5.41) is 0. The van der Waals surface area contributed by atoms with Gasteiger partial charge in [-0.25, -0.2) is 0 Å². The summed E-state index contributed by atoms with van der Waals surface area (Å²) in [5.41, 5.74) is 1.08. The monoisotopic (exact) mass is 178 g/mol. The van der Waals surface area contributed by atoms with Gasteiger partial charge in [-0.2, -0.15) is 0 Å². The maximum absolute atomic E-state index is 5.13. The molecular weight excluding hydrogens is 164 g/mol. The second-order valence-electron chi connectivity index (χ2n) is 2.65. The molecule has 0 unspecified atom stereocenters. The number of benzene rings is 1. The van der Waals surface area contributed by atoms with E-state index in [0.29, 0.717) is 0 Å². The predicted octanol–water partition coefficient (Wildman–Crippen LogP) is 2.74. The van der Waals surface area contributed by atoms with Gasteiger partial charge >= 0.3 is 0 Å². The van der Waals surface area contributed by atoms with Gasteiger partial charge in [0.1, 0.15) is 11.5 Å². The molecule has 0 aliphatic heterocycles. The number of hydrogen-bond donors (Lipinski definition) is 0. The van der Waals surface area contributed by atoms with Crippen molar-refractivity contribution in [3.63, 3.8) is 0 Å². The Balaban J connectivity index is 3.07. The van der Waals surface area contributed by atoms with Gasteiger partial charge in [0, 0.05) is 6.07 Å². The van der Waals surface area contributed by atoms with Gasteiger partial charge in [-0.3, -0.25) is 0 Å². The highest BCUT2D eigenvalue weighted by molar-refractivity contribution is 5.54. The number of rotatable bonds is 3. The minimum Gasteiger partial charge on any atom is -0.497 e. The lowest BCUT2D eigenvalue weighted by Crippen LogP contribution is -1.87. The van der Waals surface area contributed by atoms with Crippen LogP contribution in [0.1, 0.15) is 12.5 Å². The van der Waals surface area contributed by atoms with E-state index in [9.17, 15) is 0 Å². The highest BCUT2D eigenvalue weighted by Gasteiger charge is 1.98. The Morgan fingerprint density at radius 1 is 1.00 bits per heavy atom. The lowest BCUT2D eigenvalue weighted by atomic mass is 10.2. The molecule has 0 fully saturated rings. The molecule has 0 atom stereocenters. The van der Waals surface area contributed by atoms with Crippen LogP contribution in [0.2, 0.25) is 0 Å². The molecule has 0 radical (unpaired) electrons. The first-order valence-electron chi connectivity index (χ1n) is 4.16. The van der Waals surface area contributed by atoms with Crippen LogP contribution in [-0.4, -0.2) is 14.2 Å². The van der Waals surface area contributed by atoms with E-state index >= 15 is 0 Å². The maximum atomic E-state index is 5.13. The molecule has 0 heterocycles. The van der Waals surface area contributed by atoms with Crippen LogP contribution in [0.5, 0.6) is 11.5 Å². The predicted molar refractivity (Wildman–Crippen MR) is 54.3 cm³/mol. The Bertz CT molecular complexity index is 281. The molecule has 2 nitrogen and oxygen atoms in total. The number of allylic oxidation sites excluding steroid dienone is 1. The van der Waals surface area contributed by atoms with Crippen LogP contribution in [0, 0.1) is 0 Å². The van der Waals surface area contributed by atoms with Crippen molar-refractivity contribution in [3.05, 3.63) is 29.8 Å². The molecule has 0 saturated heterocycles. The molecule has 2 heteroatoms. The van der Waals surface area contributed by atoms with Gasteiger partial charge in [0.05, 0.1) is 14.2 Å². The van der Waals surface area contributed by atoms with Crippen molar-refractivity contribution in [1.82, 2.24) is 0 Å². The number of methoxy groups -OCH3 is 2. The van der Waals surface area contributed by atoms with Crippen molar-refractivity contribution in [3.8, 4) is 11.5 Å². The lowest BCUT2D eigenvalue weighted by Gasteiger charge is -2.05. The van der Waals surface area contributed by atoms with Crippen molar-refractivity contribution < 1.29 is 9.47 Å². The van der Waals surface area contributed by atoms with Crippen molar-refractivity contribution in [2.45, 2.75) is 6.92 Å². The van der Waals surface area contributed by atoms with Crippen LogP contribution in [0.25, 0.3) is 6.08 Å². The van der Waals surface area contributed by atoms with E-state index in [1.165, 1.54) is 0 Å². The molecule has 13 heavy (non-hydrogen) atoms. The fourth-order valence-electron chi connectivity index (χ4n) is 1.12. The zero-order valence-corrected chi connectivity index (χ0v) is 8.20. The quantitative estimate of drug-likeness (QED) is 0.708. The highest BCUT2D eigenvalue weighted by atomic mass is 16.5. The average molecular weight is 178 g/mol. The molecule has 1 aromatic carbocycles. The molecule has 0 N–H and O–H groups in total. The van der Waals surface area contributed by atoms with Crippen LogP contribution in [0.3, 0.4) is 0 Å². The Morgan fingerprint density at radius 2 is 1.54 bits per heavy atom. The van der Waals surface area contributed by atoms with Gasteiger partial charge in [0.2, 0.25) is 0 Å². The van der Waals surface area contributed by atoms with Crippen LogP contribution in [0.15, 0.2) is 24.3 Å². The smallest absolute Gasteiger partial charge is 0.123 e. The number of ether oxygens (including phenoxy) is 2. The highest BCUT2D eigenvalue weighted by Crippen LogP contribution is 2.22. The Labute approximate surface area is 78.8 Å². The molecular formula is C11H14O2. The third-order valence-electron chi connectivity index (χ3n) is 1.73. The van der Waals surface area contributed by atoms with Gasteiger partial charge in [-0.05, 0) is 24.6 Å². The van der Waals surface area contributed by atoms with Crippen LogP contribution in [0.4, 0.5) is 0 Å². The van der Waals surface area contributed by atoms with Gasteiger partial charge in [0.25, 0.3) is 0 Å². The second kappa shape index (κ2) is 4.55. The lowest BCUT2D eigenvalue weighted by molar-refractivity contribution is 0.394. The first-order valence-corrected chi connectivity index (χ1v) is 4.16. The zero-order valence-electron chi connectivity index (χ0n) is 8.20. The summed E-state index contributed by atoms with van der Waals surface area (Å²) in [7, 11) is 3.29. The van der Waals surface area contributed by atoms with Gasteiger partial charge < -0.3 is 9.47 Å². The van der Waals surface area contributed by atoms with E-state index in [1.54, 1.807) is 14.2 Å². The molecule has 0 saturated carbocycles. The minimum absolute atomic E-state index is 0.812. The summed E-state index contributed by atoms with van der Waals surface area (Å²) in [6.07, 6.45) is 3.99. The third kappa shape index (κ3) is 2.51. The van der Waals surface area contributed by atoms with Gasteiger partial charge in [0.15, 0.2) is 0 Å². The largest absolute Gasteiger partial charge is 0.497 e. The summed E-state index contributed by atoms with van der Waals surface area (Å²) in [6.45, 7) is 1.98. The van der Waals surface area contributed by atoms with Crippen molar-refractivity contribution in [2.75, 3.05) is 14.2 Å². The fourth-order valence-corrected chi connectivity index (χ4v) is 1.12. The maximum Gasteiger partial charge on any atom is 0.123 e. The van der Waals surface area contributed by atoms with Gasteiger partial charge in [-0.15, -0.1) is 0 Å². The van der Waals surface area contributed by atoms with Crippen molar-refractivity contribution in [2.24, 2.45) is 0 Å². The topological polar surface area (TPSA) is 18.5 Å². The molecule has 1 rings (SSSR count). The molecule has 0 aliphatic carbocycles. The van der Waals surface area contributed by atoms with Gasteiger partial charge in [-0.1, -0.05) is 12.2 Å². The van der Waals surface area contributed by atoms with E-state index in [4.69, 9.17) is 9.47 Å². The fraction of sp³-hybridized carbons (Fsp3) is 0.273. The summed E-state index contributed by atoms with van der Waals surface area (Å²) in [5.74, 6) is 1.62. The van der Waals surface area contributed by atoms with Crippen molar-refractivity contribution in [1.29, 1.82) is 0 Å². The molecule has 0 bridgehead atoms. The molecule has 70 valence electrons. The summed E-state index contributed by atoms with van der Waals surface area (Å²) in [4.78, 5) is 0. The molecule has 0 amide bonds. The van der Waals surface area contributed by atoms with Crippen LogP contribution < -0.4 is 9.47 Å². The first-order chi connectivity index (χ1) is 6.30. The number of hydrogen-bond acceptors (Lipinski definition) is 2. The third-order valence-corrected chi connectivity index (χ3v) is 1.73. The van der Waals surface area contributed by atoms with E-state index in [-0.39, 0.29) is 0 Å². The van der Waals surface area contributed by atoms with Crippen LogP contribution in [-0.2, 0) is 0 Å². The molecule has 0 aliphatic rings.